The van der Waals surface area contributed by atoms with Gasteiger partial charge in [-0.3, -0.25) is 4.90 Å². The van der Waals surface area contributed by atoms with Crippen LogP contribution in [-0.2, 0) is 9.47 Å². The standard InChI is InChI=1S/C15H27NO3/c1-6-7-15(4,5)18-11-14(17)10-16-8-12(2)19-13(3)9-16/h1,12-14,17H,7-11H2,2-5H3/t12-,13-,14-/m1/s1. The quantitative estimate of drug-likeness (QED) is 0.738. The molecule has 1 aliphatic rings. The van der Waals surface area contributed by atoms with Crippen molar-refractivity contribution in [3.63, 3.8) is 0 Å². The van der Waals surface area contributed by atoms with Gasteiger partial charge < -0.3 is 14.6 Å². The van der Waals surface area contributed by atoms with E-state index in [9.17, 15) is 5.11 Å². The van der Waals surface area contributed by atoms with Gasteiger partial charge in [-0.05, 0) is 27.7 Å². The molecule has 19 heavy (non-hydrogen) atoms. The predicted octanol–water partition coefficient (Wildman–Crippen LogP) is 1.27. The Morgan fingerprint density at radius 1 is 1.42 bits per heavy atom. The van der Waals surface area contributed by atoms with Gasteiger partial charge in [-0.25, -0.2) is 0 Å². The van der Waals surface area contributed by atoms with Crippen LogP contribution < -0.4 is 0 Å². The monoisotopic (exact) mass is 269 g/mol. The second kappa shape index (κ2) is 7.25. The highest BCUT2D eigenvalue weighted by Crippen LogP contribution is 2.15. The van der Waals surface area contributed by atoms with Crippen molar-refractivity contribution < 1.29 is 14.6 Å². The minimum atomic E-state index is -0.491. The Hall–Kier alpha value is -0.600. The van der Waals surface area contributed by atoms with Crippen molar-refractivity contribution in [1.82, 2.24) is 4.90 Å². The molecule has 1 heterocycles. The SMILES string of the molecule is C#CCC(C)(C)OC[C@H](O)CN1C[C@@H](C)O[C@H](C)C1. The lowest BCUT2D eigenvalue weighted by molar-refractivity contribution is -0.0949. The summed E-state index contributed by atoms with van der Waals surface area (Å²) in [5.74, 6) is 2.59. The third-order valence-electron chi connectivity index (χ3n) is 3.16. The zero-order valence-electron chi connectivity index (χ0n) is 12.6. The summed E-state index contributed by atoms with van der Waals surface area (Å²) in [5.41, 5.74) is -0.374. The van der Waals surface area contributed by atoms with Crippen molar-refractivity contribution in [2.45, 2.75) is 58.0 Å². The molecule has 110 valence electrons. The predicted molar refractivity (Wildman–Crippen MR) is 75.9 cm³/mol. The molecule has 0 aromatic heterocycles. The Balaban J connectivity index is 2.31. The van der Waals surface area contributed by atoms with E-state index in [4.69, 9.17) is 15.9 Å². The second-order valence-electron chi connectivity index (χ2n) is 6.08. The van der Waals surface area contributed by atoms with Crippen LogP contribution in [0.4, 0.5) is 0 Å². The van der Waals surface area contributed by atoms with Crippen molar-refractivity contribution in [2.75, 3.05) is 26.2 Å². The normalized spacial score (nSPS) is 26.9. The molecular formula is C15H27NO3. The maximum atomic E-state index is 10.0. The molecule has 0 aromatic rings. The number of terminal acetylenes is 1. The van der Waals surface area contributed by atoms with Gasteiger partial charge >= 0.3 is 0 Å². The fourth-order valence-electron chi connectivity index (χ4n) is 2.40. The fraction of sp³-hybridized carbons (Fsp3) is 0.867. The summed E-state index contributed by atoms with van der Waals surface area (Å²) in [6, 6.07) is 0. The molecule has 0 bridgehead atoms. The van der Waals surface area contributed by atoms with Crippen molar-refractivity contribution >= 4 is 0 Å². The first-order chi connectivity index (χ1) is 8.82. The van der Waals surface area contributed by atoms with Gasteiger partial charge in [0.1, 0.15) is 0 Å². The van der Waals surface area contributed by atoms with Crippen molar-refractivity contribution in [1.29, 1.82) is 0 Å². The second-order valence-corrected chi connectivity index (χ2v) is 6.08. The minimum absolute atomic E-state index is 0.217. The van der Waals surface area contributed by atoms with Crippen molar-refractivity contribution in [2.24, 2.45) is 0 Å². The number of nitrogens with zero attached hydrogens (tertiary/aromatic N) is 1. The molecule has 3 atom stereocenters. The topological polar surface area (TPSA) is 41.9 Å². The highest BCUT2D eigenvalue weighted by Gasteiger charge is 2.25. The average Bonchev–Trinajstić information content (AvgIpc) is 2.25. The molecule has 0 unspecified atom stereocenters. The fourth-order valence-corrected chi connectivity index (χ4v) is 2.40. The van der Waals surface area contributed by atoms with Gasteiger partial charge in [0.2, 0.25) is 0 Å². The molecule has 0 spiro atoms. The van der Waals surface area contributed by atoms with E-state index in [1.54, 1.807) is 0 Å². The number of aliphatic hydroxyl groups excluding tert-OH is 1. The Labute approximate surface area is 117 Å². The first kappa shape index (κ1) is 16.5. The zero-order chi connectivity index (χ0) is 14.5. The van der Waals surface area contributed by atoms with Crippen LogP contribution >= 0.6 is 0 Å². The van der Waals surface area contributed by atoms with E-state index < -0.39 is 6.10 Å². The van der Waals surface area contributed by atoms with Gasteiger partial charge in [-0.2, -0.15) is 0 Å². The van der Waals surface area contributed by atoms with Gasteiger partial charge in [0.05, 0.1) is 30.5 Å². The number of aliphatic hydroxyl groups is 1. The van der Waals surface area contributed by atoms with Crippen LogP contribution in [0.5, 0.6) is 0 Å². The molecule has 1 N–H and O–H groups in total. The average molecular weight is 269 g/mol. The van der Waals surface area contributed by atoms with Crippen molar-refractivity contribution in [3.8, 4) is 12.3 Å². The highest BCUT2D eigenvalue weighted by atomic mass is 16.5. The highest BCUT2D eigenvalue weighted by molar-refractivity contribution is 4.92. The first-order valence-electron chi connectivity index (χ1n) is 6.95. The van der Waals surface area contributed by atoms with Crippen LogP contribution in [-0.4, -0.2) is 60.2 Å². The molecule has 0 saturated carbocycles. The number of morpholine rings is 1. The number of ether oxygens (including phenoxy) is 2. The molecule has 0 amide bonds. The van der Waals surface area contributed by atoms with Crippen LogP contribution in [0.1, 0.15) is 34.1 Å². The first-order valence-corrected chi connectivity index (χ1v) is 6.95. The molecule has 0 radical (unpaired) electrons. The number of rotatable bonds is 6. The smallest absolute Gasteiger partial charge is 0.0900 e. The van der Waals surface area contributed by atoms with E-state index in [1.807, 2.05) is 13.8 Å². The summed E-state index contributed by atoms with van der Waals surface area (Å²) in [6.07, 6.45) is 5.78. The molecule has 1 aliphatic heterocycles. The summed E-state index contributed by atoms with van der Waals surface area (Å²) in [6.45, 7) is 10.6. The van der Waals surface area contributed by atoms with E-state index >= 15 is 0 Å². The maximum absolute atomic E-state index is 10.0. The molecule has 0 aliphatic carbocycles. The molecule has 1 fully saturated rings. The number of hydrogen-bond donors (Lipinski definition) is 1. The summed E-state index contributed by atoms with van der Waals surface area (Å²) >= 11 is 0. The number of hydrogen-bond acceptors (Lipinski definition) is 4. The Morgan fingerprint density at radius 2 is 2.00 bits per heavy atom. The third-order valence-corrected chi connectivity index (χ3v) is 3.16. The van der Waals surface area contributed by atoms with Gasteiger partial charge in [0.15, 0.2) is 0 Å². The number of β-amino-alcohol motifs (C(OH)–C–C–N with tert-alkyl or cyclic N) is 1. The summed E-state index contributed by atoms with van der Waals surface area (Å²) in [4.78, 5) is 2.22. The minimum Gasteiger partial charge on any atom is -0.389 e. The summed E-state index contributed by atoms with van der Waals surface area (Å²) in [5, 5.41) is 10.0. The molecule has 0 aromatic carbocycles. The van der Waals surface area contributed by atoms with Crippen LogP contribution in [0.25, 0.3) is 0 Å². The Kier molecular flexibility index (Phi) is 6.28. The zero-order valence-corrected chi connectivity index (χ0v) is 12.6. The Morgan fingerprint density at radius 3 is 2.53 bits per heavy atom. The van der Waals surface area contributed by atoms with Crippen molar-refractivity contribution in [3.05, 3.63) is 0 Å². The van der Waals surface area contributed by atoms with E-state index in [0.717, 1.165) is 13.1 Å². The lowest BCUT2D eigenvalue weighted by Gasteiger charge is -2.36. The maximum Gasteiger partial charge on any atom is 0.0900 e. The van der Waals surface area contributed by atoms with Crippen LogP contribution in [0.15, 0.2) is 0 Å². The lowest BCUT2D eigenvalue weighted by atomic mass is 10.1. The molecule has 1 rings (SSSR count). The van der Waals surface area contributed by atoms with Gasteiger partial charge in [0, 0.05) is 26.1 Å². The van der Waals surface area contributed by atoms with E-state index in [1.165, 1.54) is 0 Å². The van der Waals surface area contributed by atoms with E-state index in [2.05, 4.69) is 24.7 Å². The van der Waals surface area contributed by atoms with Crippen LogP contribution in [0.3, 0.4) is 0 Å². The molecule has 4 heteroatoms. The summed E-state index contributed by atoms with van der Waals surface area (Å²) in [7, 11) is 0. The lowest BCUT2D eigenvalue weighted by Crippen LogP contribution is -2.49. The van der Waals surface area contributed by atoms with Crippen LogP contribution in [0, 0.1) is 12.3 Å². The molecule has 4 nitrogen and oxygen atoms in total. The summed E-state index contributed by atoms with van der Waals surface area (Å²) < 4.78 is 11.3. The van der Waals surface area contributed by atoms with Gasteiger partial charge in [-0.15, -0.1) is 12.3 Å². The van der Waals surface area contributed by atoms with Gasteiger partial charge in [0.25, 0.3) is 0 Å². The third kappa shape index (κ3) is 6.40. The Bertz CT molecular complexity index is 301. The van der Waals surface area contributed by atoms with E-state index in [0.29, 0.717) is 19.6 Å². The molecular weight excluding hydrogens is 242 g/mol. The molecule has 1 saturated heterocycles. The largest absolute Gasteiger partial charge is 0.389 e. The van der Waals surface area contributed by atoms with E-state index in [-0.39, 0.29) is 17.8 Å². The van der Waals surface area contributed by atoms with Gasteiger partial charge in [-0.1, -0.05) is 0 Å². The van der Waals surface area contributed by atoms with Crippen LogP contribution in [0.2, 0.25) is 0 Å².